The van der Waals surface area contributed by atoms with Crippen LogP contribution in [0.5, 0.6) is 0 Å². The van der Waals surface area contributed by atoms with Crippen molar-refractivity contribution in [2.45, 2.75) is 0 Å². The third kappa shape index (κ3) is 18.6. The van der Waals surface area contributed by atoms with Gasteiger partial charge in [0.1, 0.15) is 0 Å². The first-order valence-corrected chi connectivity index (χ1v) is 13.0. The van der Waals surface area contributed by atoms with Gasteiger partial charge in [-0.25, -0.2) is 0 Å². The van der Waals surface area contributed by atoms with Crippen LogP contribution in [0.1, 0.15) is 0 Å². The van der Waals surface area contributed by atoms with E-state index in [0.29, 0.717) is 92.5 Å². The SMILES string of the molecule is O=C1C=CC(=O)N1CCOCCOCCOCCOCCOCCOCCOCCOCCI. The number of carbonyl (C=O) groups is 2. The number of nitrogens with zero attached hydrogens (tertiary/aromatic N) is 1. The fraction of sp³-hybridized carbons (Fsp3) is 0.818. The summed E-state index contributed by atoms with van der Waals surface area (Å²) in [6.07, 6.45) is 2.51. The van der Waals surface area contributed by atoms with Gasteiger partial charge in [-0.1, -0.05) is 22.6 Å². The Kier molecular flexibility index (Phi) is 22.1. The molecule has 0 aliphatic carbocycles. The molecule has 1 heterocycles. The quantitative estimate of drug-likeness (QED) is 0.0600. The molecule has 34 heavy (non-hydrogen) atoms. The van der Waals surface area contributed by atoms with Crippen molar-refractivity contribution >= 4 is 34.4 Å². The second-order valence-electron chi connectivity index (χ2n) is 6.75. The van der Waals surface area contributed by atoms with Crippen LogP contribution in [0.4, 0.5) is 0 Å². The first-order valence-electron chi connectivity index (χ1n) is 11.5. The van der Waals surface area contributed by atoms with E-state index in [9.17, 15) is 9.59 Å². The van der Waals surface area contributed by atoms with Gasteiger partial charge in [-0.15, -0.1) is 0 Å². The molecule has 0 saturated heterocycles. The van der Waals surface area contributed by atoms with Gasteiger partial charge in [0.15, 0.2) is 0 Å². The molecule has 0 N–H and O–H groups in total. The fourth-order valence-corrected chi connectivity index (χ4v) is 2.81. The van der Waals surface area contributed by atoms with E-state index in [1.54, 1.807) is 0 Å². The van der Waals surface area contributed by atoms with Crippen molar-refractivity contribution in [3.63, 3.8) is 0 Å². The molecule has 0 saturated carbocycles. The Morgan fingerprint density at radius 1 is 0.471 bits per heavy atom. The Morgan fingerprint density at radius 3 is 1.03 bits per heavy atom. The summed E-state index contributed by atoms with van der Waals surface area (Å²) < 4.78 is 44.1. The Balaban J connectivity index is 1.66. The zero-order valence-corrected chi connectivity index (χ0v) is 21.9. The molecule has 0 fully saturated rings. The molecule has 0 unspecified atom stereocenters. The molecule has 0 aromatic heterocycles. The van der Waals surface area contributed by atoms with Crippen LogP contribution >= 0.6 is 22.6 Å². The number of halogens is 1. The van der Waals surface area contributed by atoms with Crippen LogP contribution in [0, 0.1) is 0 Å². The van der Waals surface area contributed by atoms with Crippen LogP contribution in [-0.4, -0.2) is 133 Å². The topological polar surface area (TPSA) is 111 Å². The van der Waals surface area contributed by atoms with E-state index in [-0.39, 0.29) is 25.0 Å². The minimum atomic E-state index is -0.301. The van der Waals surface area contributed by atoms with Crippen LogP contribution in [-0.2, 0) is 47.5 Å². The van der Waals surface area contributed by atoms with E-state index >= 15 is 0 Å². The Bertz CT molecular complexity index is 520. The minimum absolute atomic E-state index is 0.248. The van der Waals surface area contributed by atoms with E-state index in [4.69, 9.17) is 37.9 Å². The van der Waals surface area contributed by atoms with Crippen LogP contribution in [0.3, 0.4) is 0 Å². The molecule has 1 aliphatic rings. The largest absolute Gasteiger partial charge is 0.378 e. The molecule has 0 radical (unpaired) electrons. The Labute approximate surface area is 215 Å². The zero-order chi connectivity index (χ0) is 24.5. The summed E-state index contributed by atoms with van der Waals surface area (Å²) in [5, 5.41) is 0. The summed E-state index contributed by atoms with van der Waals surface area (Å²) >= 11 is 2.27. The highest BCUT2D eigenvalue weighted by Gasteiger charge is 2.22. The lowest BCUT2D eigenvalue weighted by molar-refractivity contribution is -0.137. The normalized spacial score (nSPS) is 13.5. The lowest BCUT2D eigenvalue weighted by Gasteiger charge is -2.13. The number of alkyl halides is 1. The van der Waals surface area contributed by atoms with E-state index in [2.05, 4.69) is 22.6 Å². The number of amides is 2. The maximum Gasteiger partial charge on any atom is 0.253 e. The van der Waals surface area contributed by atoms with E-state index in [0.717, 1.165) is 15.9 Å². The minimum Gasteiger partial charge on any atom is -0.378 e. The van der Waals surface area contributed by atoms with Gasteiger partial charge in [-0.2, -0.15) is 0 Å². The van der Waals surface area contributed by atoms with Gasteiger partial charge in [0.2, 0.25) is 0 Å². The maximum atomic E-state index is 11.4. The number of hydrogen-bond donors (Lipinski definition) is 0. The number of ether oxygens (including phenoxy) is 8. The second kappa shape index (κ2) is 24.0. The number of rotatable bonds is 26. The van der Waals surface area contributed by atoms with Gasteiger partial charge in [0, 0.05) is 16.6 Å². The third-order valence-corrected chi connectivity index (χ3v) is 4.63. The number of hydrogen-bond acceptors (Lipinski definition) is 10. The van der Waals surface area contributed by atoms with Crippen LogP contribution in [0.25, 0.3) is 0 Å². The fourth-order valence-electron chi connectivity index (χ4n) is 2.50. The van der Waals surface area contributed by atoms with Crippen LogP contribution in [0.15, 0.2) is 12.2 Å². The first-order chi connectivity index (χ1) is 16.8. The maximum absolute atomic E-state index is 11.4. The van der Waals surface area contributed by atoms with Gasteiger partial charge in [0.25, 0.3) is 11.8 Å². The Hall–Kier alpha value is -0.710. The lowest BCUT2D eigenvalue weighted by atomic mass is 10.5. The molecule has 1 rings (SSSR count). The van der Waals surface area contributed by atoms with Crippen molar-refractivity contribution in [3.05, 3.63) is 12.2 Å². The van der Waals surface area contributed by atoms with Crippen molar-refractivity contribution in [3.8, 4) is 0 Å². The van der Waals surface area contributed by atoms with Crippen molar-refractivity contribution in [1.29, 1.82) is 0 Å². The molecular weight excluding hydrogens is 565 g/mol. The Morgan fingerprint density at radius 2 is 0.735 bits per heavy atom. The standard InChI is InChI=1S/C22H38INO10/c23-3-5-27-7-9-29-11-13-31-15-17-33-19-20-34-18-16-32-14-12-30-10-8-28-6-4-24-21(25)1-2-22(24)26/h1-2H,3-20H2. The van der Waals surface area contributed by atoms with Crippen LogP contribution < -0.4 is 0 Å². The predicted octanol–water partition coefficient (Wildman–Crippen LogP) is 0.479. The van der Waals surface area contributed by atoms with Gasteiger partial charge in [0.05, 0.1) is 112 Å². The highest BCUT2D eigenvalue weighted by Crippen LogP contribution is 2.02. The van der Waals surface area contributed by atoms with Crippen LogP contribution in [0.2, 0.25) is 0 Å². The molecule has 1 aliphatic heterocycles. The number of carbonyl (C=O) groups excluding carboxylic acids is 2. The molecule has 0 spiro atoms. The van der Waals surface area contributed by atoms with Crippen molar-refractivity contribution in [1.82, 2.24) is 4.90 Å². The summed E-state index contributed by atoms with van der Waals surface area (Å²) in [6, 6.07) is 0. The average molecular weight is 603 g/mol. The smallest absolute Gasteiger partial charge is 0.253 e. The van der Waals surface area contributed by atoms with Gasteiger partial charge in [-0.05, 0) is 0 Å². The highest BCUT2D eigenvalue weighted by atomic mass is 127. The molecule has 0 aromatic carbocycles. The average Bonchev–Trinajstić information content (AvgIpc) is 3.16. The van der Waals surface area contributed by atoms with E-state index in [1.807, 2.05) is 0 Å². The van der Waals surface area contributed by atoms with Gasteiger partial charge >= 0.3 is 0 Å². The second-order valence-corrected chi connectivity index (χ2v) is 7.83. The summed E-state index contributed by atoms with van der Waals surface area (Å²) in [5.74, 6) is -0.602. The molecule has 0 aromatic rings. The third-order valence-electron chi connectivity index (χ3n) is 4.19. The van der Waals surface area contributed by atoms with E-state index in [1.165, 1.54) is 12.2 Å². The van der Waals surface area contributed by atoms with Crippen molar-refractivity contribution < 1.29 is 47.5 Å². The van der Waals surface area contributed by atoms with Gasteiger partial charge in [-0.3, -0.25) is 14.5 Å². The molecule has 2 amide bonds. The van der Waals surface area contributed by atoms with Crippen molar-refractivity contribution in [2.75, 3.05) is 117 Å². The molecule has 12 heteroatoms. The zero-order valence-electron chi connectivity index (χ0n) is 19.8. The lowest BCUT2D eigenvalue weighted by Crippen LogP contribution is -2.33. The summed E-state index contributed by atoms with van der Waals surface area (Å²) in [7, 11) is 0. The molecular formula is C22H38INO10. The molecule has 0 bridgehead atoms. The summed E-state index contributed by atoms with van der Waals surface area (Å²) in [6.45, 7) is 8.36. The molecule has 0 atom stereocenters. The summed E-state index contributed by atoms with van der Waals surface area (Å²) in [4.78, 5) is 23.8. The predicted molar refractivity (Wildman–Crippen MR) is 131 cm³/mol. The number of imide groups is 1. The van der Waals surface area contributed by atoms with Gasteiger partial charge < -0.3 is 37.9 Å². The van der Waals surface area contributed by atoms with Crippen molar-refractivity contribution in [2.24, 2.45) is 0 Å². The molecule has 11 nitrogen and oxygen atoms in total. The molecule has 198 valence electrons. The van der Waals surface area contributed by atoms with E-state index < -0.39 is 0 Å². The highest BCUT2D eigenvalue weighted by molar-refractivity contribution is 14.1. The summed E-state index contributed by atoms with van der Waals surface area (Å²) in [5.41, 5.74) is 0. The first kappa shape index (κ1) is 31.3. The monoisotopic (exact) mass is 603 g/mol.